The first-order valence-corrected chi connectivity index (χ1v) is 21.3. The summed E-state index contributed by atoms with van der Waals surface area (Å²) in [5, 5.41) is 20.4. The molecule has 8 aromatic rings. The molecule has 8 rings (SSSR count). The molecule has 1 aromatic heterocycles. The first kappa shape index (κ1) is 45.1. The molecule has 0 N–H and O–H groups in total. The summed E-state index contributed by atoms with van der Waals surface area (Å²) in [4.78, 5) is 32.9. The average Bonchev–Trinajstić information content (AvgIpc) is 3.32. The Morgan fingerprint density at radius 1 is 0.500 bits per heavy atom. The Morgan fingerprint density at radius 3 is 1.79 bits per heavy atom. The molecule has 0 spiro atoms. The Bertz CT molecular complexity index is 3320. The van der Waals surface area contributed by atoms with E-state index in [1.54, 1.807) is 103 Å². The maximum atomic E-state index is 14.8. The minimum Gasteiger partial charge on any atom is -0.456 e. The number of rotatable bonds is 12. The Kier molecular flexibility index (Phi) is 14.0. The highest BCUT2D eigenvalue weighted by molar-refractivity contribution is 7.59. The number of nitrogens with zero attached hydrogens (tertiary/aromatic N) is 3. The van der Waals surface area contributed by atoms with Gasteiger partial charge in [-0.05, 0) is 121 Å². The summed E-state index contributed by atoms with van der Waals surface area (Å²) in [5.41, 5.74) is 7.23. The van der Waals surface area contributed by atoms with Crippen LogP contribution in [0.5, 0.6) is 34.6 Å². The molecule has 1 heterocycles. The fraction of sp³-hybridized carbons (Fsp3) is 0.0556. The van der Waals surface area contributed by atoms with Crippen molar-refractivity contribution in [3.05, 3.63) is 220 Å². The third kappa shape index (κ3) is 10.4. The maximum absolute atomic E-state index is 14.8. The number of benzene rings is 7. The second kappa shape index (κ2) is 20.5. The lowest BCUT2D eigenvalue weighted by atomic mass is 9.86. The van der Waals surface area contributed by atoms with Crippen molar-refractivity contribution in [1.29, 1.82) is 10.5 Å². The number of hydrogen-bond acceptors (Lipinski definition) is 11. The Morgan fingerprint density at radius 2 is 1.12 bits per heavy atom. The monoisotopic (exact) mass is 887 g/mol. The number of aromatic nitrogens is 1. The van der Waals surface area contributed by atoms with E-state index in [-0.39, 0.29) is 22.9 Å². The topological polar surface area (TPSA) is 174 Å². The van der Waals surface area contributed by atoms with Gasteiger partial charge in [0.1, 0.15) is 46.4 Å². The number of ether oxygens (including phenoxy) is 3. The minimum absolute atomic E-state index is 0.140. The van der Waals surface area contributed by atoms with E-state index in [4.69, 9.17) is 26.8 Å². The van der Waals surface area contributed by atoms with Crippen LogP contribution >= 0.6 is 0 Å². The van der Waals surface area contributed by atoms with Crippen LogP contribution in [-0.4, -0.2) is 29.2 Å². The summed E-state index contributed by atoms with van der Waals surface area (Å²) < 4.78 is 43.7. The summed E-state index contributed by atoms with van der Waals surface area (Å²) in [6, 6.07) is 53.0. The number of ketones is 2. The van der Waals surface area contributed by atoms with Crippen molar-refractivity contribution in [3.63, 3.8) is 0 Å². The zero-order valence-electron chi connectivity index (χ0n) is 35.7. The van der Waals surface area contributed by atoms with Gasteiger partial charge in [-0.2, -0.15) is 10.5 Å². The van der Waals surface area contributed by atoms with Crippen molar-refractivity contribution in [2.24, 2.45) is 0 Å². The van der Waals surface area contributed by atoms with Crippen molar-refractivity contribution < 1.29 is 36.4 Å². The highest BCUT2D eigenvalue weighted by Crippen LogP contribution is 2.39. The number of hydrogen-bond donors (Lipinski definition) is 0. The molecule has 12 heteroatoms. The van der Waals surface area contributed by atoms with E-state index in [0.29, 0.717) is 78.9 Å². The van der Waals surface area contributed by atoms with Gasteiger partial charge in [-0.3, -0.25) is 9.59 Å². The molecule has 0 bridgehead atoms. The second-order valence-electron chi connectivity index (χ2n) is 14.8. The number of aryl methyl sites for hydroxylation is 3. The van der Waals surface area contributed by atoms with Crippen LogP contribution in [0.3, 0.4) is 0 Å². The zero-order chi connectivity index (χ0) is 46.7. The third-order valence-electron chi connectivity index (χ3n) is 10.4. The maximum Gasteiger partial charge on any atom is 0.425 e. The van der Waals surface area contributed by atoms with Crippen molar-refractivity contribution in [1.82, 2.24) is 4.98 Å². The van der Waals surface area contributed by atoms with Crippen LogP contribution in [0.25, 0.3) is 22.3 Å². The SMILES string of the molecule is Cc1ccc(-c2ccc(-c3cccc(Oc4ccc(Oc5cccc(C)c5C#N)c(C)c4)c3C#N)c(C(=O)c3ccc(Oc4ccccn4)cc3)c2)c(C(=O)c2ccccc2)c1.O=S(=O)=O. The van der Waals surface area contributed by atoms with Gasteiger partial charge in [0, 0.05) is 40.1 Å². The lowest BCUT2D eigenvalue weighted by Gasteiger charge is -2.17. The van der Waals surface area contributed by atoms with E-state index < -0.39 is 10.6 Å². The number of carbonyl (C=O) groups excluding carboxylic acids is 2. The highest BCUT2D eigenvalue weighted by Gasteiger charge is 2.23. The summed E-state index contributed by atoms with van der Waals surface area (Å²) in [6.07, 6.45) is 1.64. The van der Waals surface area contributed by atoms with Crippen molar-refractivity contribution in [2.75, 3.05) is 0 Å². The van der Waals surface area contributed by atoms with Gasteiger partial charge >= 0.3 is 10.6 Å². The van der Waals surface area contributed by atoms with Crippen molar-refractivity contribution in [3.8, 4) is 69.0 Å². The largest absolute Gasteiger partial charge is 0.456 e. The smallest absolute Gasteiger partial charge is 0.425 e. The van der Waals surface area contributed by atoms with Gasteiger partial charge in [0.05, 0.1) is 5.56 Å². The van der Waals surface area contributed by atoms with Crippen LogP contribution in [0.15, 0.2) is 170 Å². The van der Waals surface area contributed by atoms with Gasteiger partial charge in [-0.25, -0.2) is 4.98 Å². The molecule has 66 heavy (non-hydrogen) atoms. The summed E-state index contributed by atoms with van der Waals surface area (Å²) >= 11 is 0. The van der Waals surface area contributed by atoms with Gasteiger partial charge in [-0.15, -0.1) is 12.6 Å². The first-order valence-electron chi connectivity index (χ1n) is 20.3. The molecule has 0 aliphatic rings. The fourth-order valence-electron chi connectivity index (χ4n) is 7.21. The van der Waals surface area contributed by atoms with Gasteiger partial charge in [0.15, 0.2) is 11.6 Å². The highest BCUT2D eigenvalue weighted by atomic mass is 32.2. The van der Waals surface area contributed by atoms with Crippen LogP contribution in [0.2, 0.25) is 0 Å². The Hall–Kier alpha value is -8.97. The summed E-state index contributed by atoms with van der Waals surface area (Å²) in [6.45, 7) is 5.66. The average molecular weight is 888 g/mol. The molecule has 0 aliphatic carbocycles. The number of nitriles is 2. The molecule has 0 atom stereocenters. The van der Waals surface area contributed by atoms with Crippen LogP contribution in [0, 0.1) is 43.4 Å². The lowest BCUT2D eigenvalue weighted by molar-refractivity contribution is 0.103. The molecule has 0 fully saturated rings. The standard InChI is InChI=1S/C54H37N3O5.O3S/c1-34-18-25-42(45(29-34)53(58)37-12-5-4-6-13-37)39-21-26-44(46(31-39)54(59)38-19-22-40(23-20-38)61-52-17-7-8-28-57-52)43-14-10-16-51(48(43)33-56)60-41-24-27-49(36(3)30-41)62-50-15-9-11-35(2)47(50)32-55;1-4(2)3/h4-31H,1-3H3;. The number of carbonyl (C=O) groups is 2. The van der Waals surface area contributed by atoms with Crippen LogP contribution < -0.4 is 14.2 Å². The molecular weight excluding hydrogens is 851 g/mol. The van der Waals surface area contributed by atoms with E-state index >= 15 is 0 Å². The number of pyridine rings is 1. The molecule has 7 aromatic carbocycles. The quantitative estimate of drug-likeness (QED) is 0.107. The molecule has 0 amide bonds. The Balaban J connectivity index is 0.00000156. The zero-order valence-corrected chi connectivity index (χ0v) is 36.5. The predicted octanol–water partition coefficient (Wildman–Crippen LogP) is 11.9. The molecule has 0 radical (unpaired) electrons. The van der Waals surface area contributed by atoms with Gasteiger partial charge in [0.25, 0.3) is 0 Å². The van der Waals surface area contributed by atoms with Gasteiger partial charge < -0.3 is 14.2 Å². The van der Waals surface area contributed by atoms with Crippen LogP contribution in [-0.2, 0) is 10.6 Å². The van der Waals surface area contributed by atoms with E-state index in [0.717, 1.165) is 16.7 Å². The molecule has 322 valence electrons. The normalized spacial score (nSPS) is 10.3. The van der Waals surface area contributed by atoms with E-state index in [9.17, 15) is 20.1 Å². The van der Waals surface area contributed by atoms with E-state index in [1.807, 2.05) is 87.5 Å². The van der Waals surface area contributed by atoms with Gasteiger partial charge in [-0.1, -0.05) is 90.5 Å². The molecule has 0 saturated carbocycles. The molecular formula is C54H37N3O8S. The molecule has 11 nitrogen and oxygen atoms in total. The molecule has 0 unspecified atom stereocenters. The second-order valence-corrected chi connectivity index (χ2v) is 15.2. The lowest BCUT2D eigenvalue weighted by Crippen LogP contribution is -2.07. The van der Waals surface area contributed by atoms with Gasteiger partial charge in [0.2, 0.25) is 5.88 Å². The summed E-state index contributed by atoms with van der Waals surface area (Å²) in [7, 11) is -3.11. The molecule has 0 aliphatic heterocycles. The fourth-order valence-corrected chi connectivity index (χ4v) is 7.21. The summed E-state index contributed by atoms with van der Waals surface area (Å²) in [5.74, 6) is 2.24. The van der Waals surface area contributed by atoms with Crippen molar-refractivity contribution in [2.45, 2.75) is 20.8 Å². The van der Waals surface area contributed by atoms with Crippen molar-refractivity contribution >= 4 is 22.2 Å². The Labute approximate surface area is 382 Å². The van der Waals surface area contributed by atoms with Crippen LogP contribution in [0.4, 0.5) is 0 Å². The minimum atomic E-state index is -3.11. The van der Waals surface area contributed by atoms with Crippen LogP contribution in [0.1, 0.15) is 59.7 Å². The third-order valence-corrected chi connectivity index (χ3v) is 10.4. The predicted molar refractivity (Wildman–Crippen MR) is 248 cm³/mol. The molecule has 0 saturated heterocycles. The first-order chi connectivity index (χ1) is 31.9. The van der Waals surface area contributed by atoms with E-state index in [2.05, 4.69) is 17.1 Å². The van der Waals surface area contributed by atoms with E-state index in [1.165, 1.54) is 0 Å².